The van der Waals surface area contributed by atoms with E-state index >= 15 is 0 Å². The number of esters is 4. The fourth-order valence-electron chi connectivity index (χ4n) is 4.84. The maximum absolute atomic E-state index is 13.7. The number of hydrogen-bond donors (Lipinski definition) is 1. The highest BCUT2D eigenvalue weighted by molar-refractivity contribution is 6.16. The van der Waals surface area contributed by atoms with Crippen molar-refractivity contribution < 1.29 is 38.1 Å². The molecule has 2 aromatic carbocycles. The monoisotopic (exact) mass is 534 g/mol. The Bertz CT molecular complexity index is 1380. The van der Waals surface area contributed by atoms with Crippen molar-refractivity contribution in [2.75, 3.05) is 18.1 Å². The Balaban J connectivity index is 1.86. The van der Waals surface area contributed by atoms with Gasteiger partial charge in [-0.05, 0) is 39.3 Å². The number of cyclic esters (lactones) is 1. The number of carbonyl (C=O) groups excluding carboxylic acids is 4. The number of allylic oxidation sites excluding steroid dienone is 1. The number of ether oxygens (including phenoxy) is 4. The molecule has 0 radical (unpaired) electrons. The van der Waals surface area contributed by atoms with E-state index in [4.69, 9.17) is 24.7 Å². The highest BCUT2D eigenvalue weighted by Gasteiger charge is 2.63. The number of fused-ring (bicyclic) bond motifs is 2. The van der Waals surface area contributed by atoms with Gasteiger partial charge >= 0.3 is 23.9 Å². The molecule has 10 nitrogen and oxygen atoms in total. The first-order chi connectivity index (χ1) is 18.6. The molecular formula is C29H30N2O8. The topological polar surface area (TPSA) is 134 Å². The van der Waals surface area contributed by atoms with Crippen molar-refractivity contribution in [3.63, 3.8) is 0 Å². The lowest BCUT2D eigenvalue weighted by atomic mass is 9.66. The van der Waals surface area contributed by atoms with E-state index in [2.05, 4.69) is 0 Å². The Kier molecular flexibility index (Phi) is 7.75. The summed E-state index contributed by atoms with van der Waals surface area (Å²) in [7, 11) is 0. The van der Waals surface area contributed by atoms with Gasteiger partial charge in [0.15, 0.2) is 5.41 Å². The van der Waals surface area contributed by atoms with Gasteiger partial charge in [-0.3, -0.25) is 4.79 Å². The maximum atomic E-state index is 13.7. The molecule has 1 atom stereocenters. The van der Waals surface area contributed by atoms with Gasteiger partial charge in [0.1, 0.15) is 35.9 Å². The van der Waals surface area contributed by atoms with E-state index in [-0.39, 0.29) is 48.0 Å². The molecule has 2 heterocycles. The second kappa shape index (κ2) is 11.0. The van der Waals surface area contributed by atoms with Crippen LogP contribution in [0.5, 0.6) is 0 Å². The van der Waals surface area contributed by atoms with E-state index in [0.717, 1.165) is 5.56 Å². The average molecular weight is 535 g/mol. The molecular weight excluding hydrogens is 504 g/mol. The van der Waals surface area contributed by atoms with Crippen LogP contribution in [0.3, 0.4) is 0 Å². The summed E-state index contributed by atoms with van der Waals surface area (Å²) < 4.78 is 21.7. The lowest BCUT2D eigenvalue weighted by Gasteiger charge is -2.40. The number of para-hydroxylation sites is 1. The lowest BCUT2D eigenvalue weighted by molar-refractivity contribution is -0.148. The average Bonchev–Trinajstić information content (AvgIpc) is 3.15. The zero-order chi connectivity index (χ0) is 28.3. The largest absolute Gasteiger partial charge is 0.462 e. The number of hydrogen-bond acceptors (Lipinski definition) is 10. The minimum atomic E-state index is -2.06. The molecule has 0 amide bonds. The van der Waals surface area contributed by atoms with Gasteiger partial charge in [-0.1, -0.05) is 48.5 Å². The van der Waals surface area contributed by atoms with Crippen molar-refractivity contribution in [1.29, 1.82) is 0 Å². The van der Waals surface area contributed by atoms with Crippen molar-refractivity contribution in [2.45, 2.75) is 45.8 Å². The van der Waals surface area contributed by atoms with Crippen LogP contribution in [-0.4, -0.2) is 43.1 Å². The Morgan fingerprint density at radius 3 is 2.31 bits per heavy atom. The number of benzene rings is 2. The Morgan fingerprint density at radius 2 is 1.64 bits per heavy atom. The molecule has 39 heavy (non-hydrogen) atoms. The number of anilines is 1. The van der Waals surface area contributed by atoms with E-state index < -0.39 is 35.4 Å². The van der Waals surface area contributed by atoms with E-state index in [1.165, 1.54) is 11.8 Å². The van der Waals surface area contributed by atoms with Crippen LogP contribution in [0.4, 0.5) is 5.69 Å². The number of carbonyl (C=O) groups is 4. The Hall–Kier alpha value is -4.60. The Labute approximate surface area is 226 Å². The molecule has 0 bridgehead atoms. The van der Waals surface area contributed by atoms with E-state index in [9.17, 15) is 19.2 Å². The number of nitrogens with two attached hydrogens (primary N) is 1. The first kappa shape index (κ1) is 27.4. The molecule has 2 N–H and O–H groups in total. The second-order valence-corrected chi connectivity index (χ2v) is 9.26. The molecule has 204 valence electrons. The second-order valence-electron chi connectivity index (χ2n) is 9.26. The molecule has 0 aliphatic carbocycles. The van der Waals surface area contributed by atoms with Crippen molar-refractivity contribution in [3.8, 4) is 0 Å². The van der Waals surface area contributed by atoms with Crippen molar-refractivity contribution >= 4 is 29.6 Å². The maximum Gasteiger partial charge on any atom is 0.339 e. The molecule has 0 aromatic heterocycles. The molecule has 10 heteroatoms. The van der Waals surface area contributed by atoms with Gasteiger partial charge in [-0.25, -0.2) is 14.4 Å². The van der Waals surface area contributed by atoms with Crippen LogP contribution < -0.4 is 10.6 Å². The standard InChI is InChI=1S/C29H30N2O8/c1-5-36-26(33)24-25(30)31(15-22(32)37-16-19-11-7-6-8-12-19)21-14-10-9-13-20(21)29(24)23(18(4)39-28(29)35)27(34)38-17(2)3/h6-14,17H,5,15-16,30H2,1-4H3. The summed E-state index contributed by atoms with van der Waals surface area (Å²) in [5.41, 5.74) is 5.32. The molecule has 0 fully saturated rings. The third kappa shape index (κ3) is 4.85. The summed E-state index contributed by atoms with van der Waals surface area (Å²) in [6.07, 6.45) is -0.521. The van der Waals surface area contributed by atoms with Gasteiger partial charge in [-0.2, -0.15) is 0 Å². The molecule has 2 aromatic rings. The predicted molar refractivity (Wildman–Crippen MR) is 140 cm³/mol. The summed E-state index contributed by atoms with van der Waals surface area (Å²) in [5, 5.41) is 0. The van der Waals surface area contributed by atoms with Crippen LogP contribution in [0.15, 0.2) is 77.3 Å². The van der Waals surface area contributed by atoms with Gasteiger partial charge in [0.2, 0.25) is 0 Å². The predicted octanol–water partition coefficient (Wildman–Crippen LogP) is 3.00. The molecule has 0 saturated carbocycles. The highest BCUT2D eigenvalue weighted by Crippen LogP contribution is 2.54. The van der Waals surface area contributed by atoms with Gasteiger partial charge in [0, 0.05) is 11.3 Å². The zero-order valence-corrected chi connectivity index (χ0v) is 22.2. The smallest absolute Gasteiger partial charge is 0.339 e. The fourth-order valence-corrected chi connectivity index (χ4v) is 4.84. The summed E-state index contributed by atoms with van der Waals surface area (Å²) in [5.74, 6) is -3.57. The van der Waals surface area contributed by atoms with Crippen LogP contribution in [0, 0.1) is 0 Å². The highest BCUT2D eigenvalue weighted by atomic mass is 16.6. The van der Waals surface area contributed by atoms with E-state index in [1.54, 1.807) is 45.0 Å². The van der Waals surface area contributed by atoms with E-state index in [1.807, 2.05) is 30.3 Å². The SMILES string of the molecule is CCOC(=O)C1=C(N)N(CC(=O)OCc2ccccc2)c2ccccc2C12C(=O)OC(C)=C2C(=O)OC(C)C. The first-order valence-corrected chi connectivity index (χ1v) is 12.5. The molecule has 2 aliphatic heterocycles. The normalized spacial score (nSPS) is 18.3. The Morgan fingerprint density at radius 1 is 0.974 bits per heavy atom. The van der Waals surface area contributed by atoms with Gasteiger partial charge in [-0.15, -0.1) is 0 Å². The lowest BCUT2D eigenvalue weighted by Crippen LogP contribution is -2.51. The van der Waals surface area contributed by atoms with Gasteiger partial charge in [0.25, 0.3) is 0 Å². The summed E-state index contributed by atoms with van der Waals surface area (Å²) in [4.78, 5) is 54.9. The van der Waals surface area contributed by atoms with Crippen LogP contribution >= 0.6 is 0 Å². The minimum absolute atomic E-state index is 0.0224. The molecule has 1 spiro atoms. The first-order valence-electron chi connectivity index (χ1n) is 12.5. The zero-order valence-electron chi connectivity index (χ0n) is 22.2. The molecule has 0 saturated heterocycles. The minimum Gasteiger partial charge on any atom is -0.462 e. The summed E-state index contributed by atoms with van der Waals surface area (Å²) >= 11 is 0. The third-order valence-corrected chi connectivity index (χ3v) is 6.36. The molecule has 4 rings (SSSR count). The van der Waals surface area contributed by atoms with Gasteiger partial charge < -0.3 is 29.6 Å². The van der Waals surface area contributed by atoms with Crippen LogP contribution in [0.2, 0.25) is 0 Å². The van der Waals surface area contributed by atoms with Crippen molar-refractivity contribution in [2.24, 2.45) is 5.73 Å². The van der Waals surface area contributed by atoms with Crippen LogP contribution in [-0.2, 0) is 50.1 Å². The molecule has 2 aliphatic rings. The van der Waals surface area contributed by atoms with Crippen molar-refractivity contribution in [3.05, 3.63) is 88.5 Å². The van der Waals surface area contributed by atoms with Crippen LogP contribution in [0.1, 0.15) is 38.8 Å². The van der Waals surface area contributed by atoms with Gasteiger partial charge in [0.05, 0.1) is 12.7 Å². The number of rotatable bonds is 8. The van der Waals surface area contributed by atoms with Crippen LogP contribution in [0.25, 0.3) is 0 Å². The molecule has 1 unspecified atom stereocenters. The third-order valence-electron chi connectivity index (χ3n) is 6.36. The quantitative estimate of drug-likeness (QED) is 0.398. The van der Waals surface area contributed by atoms with E-state index in [0.29, 0.717) is 5.69 Å². The summed E-state index contributed by atoms with van der Waals surface area (Å²) in [6, 6.07) is 15.7. The summed E-state index contributed by atoms with van der Waals surface area (Å²) in [6.45, 7) is 5.98. The van der Waals surface area contributed by atoms with Crippen molar-refractivity contribution in [1.82, 2.24) is 0 Å². The fraction of sp³-hybridized carbons (Fsp3) is 0.310. The number of nitrogens with zero attached hydrogens (tertiary/aromatic N) is 1.